The Labute approximate surface area is 74.7 Å². The van der Waals surface area contributed by atoms with Crippen LogP contribution in [0.3, 0.4) is 0 Å². The number of rotatable bonds is 1. The van der Waals surface area contributed by atoms with Crippen LogP contribution in [-0.2, 0) is 0 Å². The number of benzene rings is 1. The van der Waals surface area contributed by atoms with Crippen LogP contribution in [0.1, 0.15) is 10.4 Å². The number of fused-ring (bicyclic) bond motifs is 1. The van der Waals surface area contributed by atoms with Gasteiger partial charge in [0.05, 0.1) is 11.7 Å². The number of aldehydes is 1. The smallest absolute Gasteiger partial charge is 0.150 e. The standard InChI is InChI=1S/C10H7NO2/c12-6-7-1-2-10-8(3-7)4-9(13)5-11-10/h1-6,13H. The lowest BCUT2D eigenvalue weighted by atomic mass is 10.1. The Kier molecular flexibility index (Phi) is 1.70. The van der Waals surface area contributed by atoms with E-state index in [0.29, 0.717) is 5.56 Å². The summed E-state index contributed by atoms with van der Waals surface area (Å²) in [6.07, 6.45) is 2.15. The highest BCUT2D eigenvalue weighted by molar-refractivity contribution is 5.87. The maximum Gasteiger partial charge on any atom is 0.150 e. The molecule has 0 radical (unpaired) electrons. The third-order valence-electron chi connectivity index (χ3n) is 1.83. The minimum absolute atomic E-state index is 0.107. The SMILES string of the molecule is O=Cc1ccc2ncc(O)cc2c1. The molecular formula is C10H7NO2. The van der Waals surface area contributed by atoms with Crippen LogP contribution >= 0.6 is 0 Å². The Bertz CT molecular complexity index is 465. The molecule has 3 heteroatoms. The van der Waals surface area contributed by atoms with E-state index in [9.17, 15) is 4.79 Å². The summed E-state index contributed by atoms with van der Waals surface area (Å²) in [6, 6.07) is 6.71. The molecule has 0 aliphatic rings. The third kappa shape index (κ3) is 1.36. The van der Waals surface area contributed by atoms with Crippen molar-refractivity contribution in [3.05, 3.63) is 36.0 Å². The summed E-state index contributed by atoms with van der Waals surface area (Å²) in [5, 5.41) is 9.91. The summed E-state index contributed by atoms with van der Waals surface area (Å²) < 4.78 is 0. The fraction of sp³-hybridized carbons (Fsp3) is 0. The van der Waals surface area contributed by atoms with Gasteiger partial charge in [0.15, 0.2) is 0 Å². The van der Waals surface area contributed by atoms with Crippen molar-refractivity contribution in [2.45, 2.75) is 0 Å². The lowest BCUT2D eigenvalue weighted by molar-refractivity contribution is 0.112. The van der Waals surface area contributed by atoms with E-state index in [1.165, 1.54) is 6.20 Å². The molecule has 0 fully saturated rings. The van der Waals surface area contributed by atoms with E-state index >= 15 is 0 Å². The molecule has 1 heterocycles. The topological polar surface area (TPSA) is 50.2 Å². The molecule has 0 spiro atoms. The Morgan fingerprint density at radius 2 is 2.15 bits per heavy atom. The van der Waals surface area contributed by atoms with Gasteiger partial charge in [0.1, 0.15) is 12.0 Å². The van der Waals surface area contributed by atoms with E-state index in [1.807, 2.05) is 0 Å². The van der Waals surface area contributed by atoms with Gasteiger partial charge in [-0.3, -0.25) is 9.78 Å². The van der Waals surface area contributed by atoms with Crippen molar-refractivity contribution in [1.29, 1.82) is 0 Å². The van der Waals surface area contributed by atoms with Gasteiger partial charge in [0, 0.05) is 10.9 Å². The molecule has 0 aliphatic heterocycles. The molecule has 13 heavy (non-hydrogen) atoms. The molecule has 0 amide bonds. The largest absolute Gasteiger partial charge is 0.506 e. The molecule has 2 rings (SSSR count). The maximum absolute atomic E-state index is 10.5. The van der Waals surface area contributed by atoms with Crippen molar-refractivity contribution in [1.82, 2.24) is 4.98 Å². The zero-order valence-corrected chi connectivity index (χ0v) is 6.77. The molecule has 0 saturated heterocycles. The number of pyridine rings is 1. The predicted molar refractivity (Wildman–Crippen MR) is 48.8 cm³/mol. The lowest BCUT2D eigenvalue weighted by Crippen LogP contribution is -1.82. The molecule has 2 aromatic rings. The summed E-state index contributed by atoms with van der Waals surface area (Å²) in [5.74, 6) is 0.107. The first-order chi connectivity index (χ1) is 6.29. The molecule has 0 aliphatic carbocycles. The van der Waals surface area contributed by atoms with Crippen LogP contribution in [0, 0.1) is 0 Å². The van der Waals surface area contributed by atoms with Crippen molar-refractivity contribution in [3.8, 4) is 5.75 Å². The number of hydrogen-bond acceptors (Lipinski definition) is 3. The number of hydrogen-bond donors (Lipinski definition) is 1. The first kappa shape index (κ1) is 7.73. The number of carbonyl (C=O) groups is 1. The lowest BCUT2D eigenvalue weighted by Gasteiger charge is -1.97. The fourth-order valence-electron chi connectivity index (χ4n) is 1.21. The number of aromatic nitrogens is 1. The number of nitrogens with zero attached hydrogens (tertiary/aromatic N) is 1. The molecular weight excluding hydrogens is 166 g/mol. The molecule has 1 N–H and O–H groups in total. The average Bonchev–Trinajstić information content (AvgIpc) is 2.16. The highest BCUT2D eigenvalue weighted by Gasteiger charge is 1.97. The zero-order valence-electron chi connectivity index (χ0n) is 6.77. The highest BCUT2D eigenvalue weighted by atomic mass is 16.3. The summed E-state index contributed by atoms with van der Waals surface area (Å²) in [6.45, 7) is 0. The summed E-state index contributed by atoms with van der Waals surface area (Å²) in [7, 11) is 0. The molecule has 0 unspecified atom stereocenters. The van der Waals surface area contributed by atoms with Gasteiger partial charge in [-0.05, 0) is 24.3 Å². The van der Waals surface area contributed by atoms with Crippen molar-refractivity contribution in [2.75, 3.05) is 0 Å². The summed E-state index contributed by atoms with van der Waals surface area (Å²) >= 11 is 0. The Hall–Kier alpha value is -1.90. The van der Waals surface area contributed by atoms with E-state index < -0.39 is 0 Å². The van der Waals surface area contributed by atoms with E-state index in [4.69, 9.17) is 5.11 Å². The van der Waals surface area contributed by atoms with Crippen LogP contribution in [0.5, 0.6) is 5.75 Å². The average molecular weight is 173 g/mol. The molecule has 1 aromatic carbocycles. The Morgan fingerprint density at radius 3 is 2.92 bits per heavy atom. The molecule has 64 valence electrons. The summed E-state index contributed by atoms with van der Waals surface area (Å²) in [5.41, 5.74) is 1.35. The van der Waals surface area contributed by atoms with Crippen LogP contribution in [-0.4, -0.2) is 16.4 Å². The van der Waals surface area contributed by atoms with Gasteiger partial charge < -0.3 is 5.11 Å². The van der Waals surface area contributed by atoms with E-state index in [0.717, 1.165) is 17.2 Å². The van der Waals surface area contributed by atoms with Crippen LogP contribution in [0.2, 0.25) is 0 Å². The van der Waals surface area contributed by atoms with Gasteiger partial charge in [-0.15, -0.1) is 0 Å². The van der Waals surface area contributed by atoms with Gasteiger partial charge in [-0.1, -0.05) is 0 Å². The van der Waals surface area contributed by atoms with E-state index in [2.05, 4.69) is 4.98 Å². The molecule has 0 atom stereocenters. The maximum atomic E-state index is 10.5. The monoisotopic (exact) mass is 173 g/mol. The first-order valence-corrected chi connectivity index (χ1v) is 3.83. The van der Waals surface area contributed by atoms with Crippen LogP contribution in [0.15, 0.2) is 30.5 Å². The third-order valence-corrected chi connectivity index (χ3v) is 1.83. The second-order valence-electron chi connectivity index (χ2n) is 2.76. The van der Waals surface area contributed by atoms with Crippen LogP contribution < -0.4 is 0 Å². The van der Waals surface area contributed by atoms with Crippen molar-refractivity contribution in [3.63, 3.8) is 0 Å². The Morgan fingerprint density at radius 1 is 1.31 bits per heavy atom. The van der Waals surface area contributed by atoms with Crippen molar-refractivity contribution < 1.29 is 9.90 Å². The van der Waals surface area contributed by atoms with Gasteiger partial charge in [0.25, 0.3) is 0 Å². The first-order valence-electron chi connectivity index (χ1n) is 3.83. The molecule has 0 bridgehead atoms. The molecule has 3 nitrogen and oxygen atoms in total. The Balaban J connectivity index is 2.74. The number of carbonyl (C=O) groups excluding carboxylic acids is 1. The predicted octanol–water partition coefficient (Wildman–Crippen LogP) is 1.75. The molecule has 0 saturated carbocycles. The van der Waals surface area contributed by atoms with E-state index in [-0.39, 0.29) is 5.75 Å². The fourth-order valence-corrected chi connectivity index (χ4v) is 1.21. The van der Waals surface area contributed by atoms with Crippen LogP contribution in [0.4, 0.5) is 0 Å². The second-order valence-corrected chi connectivity index (χ2v) is 2.76. The normalized spacial score (nSPS) is 10.2. The van der Waals surface area contributed by atoms with Crippen LogP contribution in [0.25, 0.3) is 10.9 Å². The zero-order chi connectivity index (χ0) is 9.26. The van der Waals surface area contributed by atoms with Crippen molar-refractivity contribution in [2.24, 2.45) is 0 Å². The van der Waals surface area contributed by atoms with Gasteiger partial charge in [-0.2, -0.15) is 0 Å². The quantitative estimate of drug-likeness (QED) is 0.668. The van der Waals surface area contributed by atoms with Crippen molar-refractivity contribution >= 4 is 17.2 Å². The second kappa shape index (κ2) is 2.86. The summed E-state index contributed by atoms with van der Waals surface area (Å²) in [4.78, 5) is 14.4. The minimum Gasteiger partial charge on any atom is -0.506 e. The van der Waals surface area contributed by atoms with Gasteiger partial charge in [0.2, 0.25) is 0 Å². The van der Waals surface area contributed by atoms with Gasteiger partial charge >= 0.3 is 0 Å². The molecule has 1 aromatic heterocycles. The minimum atomic E-state index is 0.107. The highest BCUT2D eigenvalue weighted by Crippen LogP contribution is 2.17. The van der Waals surface area contributed by atoms with Gasteiger partial charge in [-0.25, -0.2) is 0 Å². The number of aromatic hydroxyl groups is 1. The van der Waals surface area contributed by atoms with E-state index in [1.54, 1.807) is 24.3 Å².